The number of rotatable bonds is 4. The molecular weight excluding hydrogens is 260 g/mol. The zero-order valence-corrected chi connectivity index (χ0v) is 12.6. The Balaban J connectivity index is 2.12. The average molecular weight is 280 g/mol. The minimum Gasteiger partial charge on any atom is -0.508 e. The van der Waals surface area contributed by atoms with Crippen molar-refractivity contribution in [3.05, 3.63) is 59.7 Å². The average Bonchev–Trinajstić information content (AvgIpc) is 2.48. The molecule has 0 aliphatic carbocycles. The number of hydrogen-bond acceptors (Lipinski definition) is 3. The van der Waals surface area contributed by atoms with Gasteiger partial charge >= 0.3 is 0 Å². The lowest BCUT2D eigenvalue weighted by Gasteiger charge is -2.19. The van der Waals surface area contributed by atoms with Crippen LogP contribution in [0, 0.1) is 11.3 Å². The number of nitriles is 1. The lowest BCUT2D eigenvalue weighted by atomic mass is 9.86. The lowest BCUT2D eigenvalue weighted by molar-refractivity contribution is 0.474. The van der Waals surface area contributed by atoms with Crippen LogP contribution >= 0.6 is 0 Å². The van der Waals surface area contributed by atoms with E-state index in [9.17, 15) is 5.11 Å². The molecule has 0 fully saturated rings. The zero-order valence-electron chi connectivity index (χ0n) is 12.6. The van der Waals surface area contributed by atoms with Crippen LogP contribution in [0.15, 0.2) is 48.5 Å². The highest BCUT2D eigenvalue weighted by Gasteiger charge is 2.19. The fourth-order valence-corrected chi connectivity index (χ4v) is 2.18. The SMILES string of the molecule is CC(Nc1ccc(C(C)(C)C#N)cc1)c1cccc(O)c1. The number of aromatic hydroxyl groups is 1. The van der Waals surface area contributed by atoms with Gasteiger partial charge in [-0.05, 0) is 56.2 Å². The van der Waals surface area contributed by atoms with Gasteiger partial charge in [-0.15, -0.1) is 0 Å². The molecule has 0 aromatic heterocycles. The van der Waals surface area contributed by atoms with Crippen molar-refractivity contribution < 1.29 is 5.11 Å². The topological polar surface area (TPSA) is 56.0 Å². The molecule has 2 aromatic rings. The molecule has 0 bridgehead atoms. The van der Waals surface area contributed by atoms with Gasteiger partial charge in [0, 0.05) is 11.7 Å². The Bertz CT molecular complexity index is 654. The van der Waals surface area contributed by atoms with E-state index in [0.29, 0.717) is 0 Å². The smallest absolute Gasteiger partial charge is 0.115 e. The van der Waals surface area contributed by atoms with Gasteiger partial charge < -0.3 is 10.4 Å². The number of anilines is 1. The van der Waals surface area contributed by atoms with Crippen molar-refractivity contribution in [3.8, 4) is 11.8 Å². The highest BCUT2D eigenvalue weighted by molar-refractivity contribution is 5.49. The maximum Gasteiger partial charge on any atom is 0.115 e. The Morgan fingerprint density at radius 2 is 1.81 bits per heavy atom. The van der Waals surface area contributed by atoms with E-state index in [1.807, 2.05) is 57.2 Å². The van der Waals surface area contributed by atoms with E-state index in [0.717, 1.165) is 16.8 Å². The van der Waals surface area contributed by atoms with Crippen molar-refractivity contribution in [2.24, 2.45) is 0 Å². The molecule has 108 valence electrons. The number of nitrogens with one attached hydrogen (secondary N) is 1. The van der Waals surface area contributed by atoms with Crippen molar-refractivity contribution >= 4 is 5.69 Å². The Kier molecular flexibility index (Phi) is 4.18. The van der Waals surface area contributed by atoms with E-state index >= 15 is 0 Å². The largest absolute Gasteiger partial charge is 0.508 e. The van der Waals surface area contributed by atoms with E-state index in [1.54, 1.807) is 12.1 Å². The third kappa shape index (κ3) is 3.55. The van der Waals surface area contributed by atoms with Crippen LogP contribution in [0.4, 0.5) is 5.69 Å². The molecule has 0 saturated carbocycles. The summed E-state index contributed by atoms with van der Waals surface area (Å²) in [6.45, 7) is 5.86. The monoisotopic (exact) mass is 280 g/mol. The normalized spacial score (nSPS) is 12.5. The van der Waals surface area contributed by atoms with Crippen LogP contribution in [0.1, 0.15) is 37.9 Å². The molecule has 0 aliphatic rings. The molecule has 3 nitrogen and oxygen atoms in total. The first kappa shape index (κ1) is 14.9. The number of phenolic OH excluding ortho intramolecular Hbond substituents is 1. The molecule has 2 N–H and O–H groups in total. The summed E-state index contributed by atoms with van der Waals surface area (Å²) in [5.74, 6) is 0.271. The molecule has 0 heterocycles. The van der Waals surface area contributed by atoms with Gasteiger partial charge in [0.2, 0.25) is 0 Å². The first-order chi connectivity index (χ1) is 9.92. The van der Waals surface area contributed by atoms with Gasteiger partial charge in [-0.25, -0.2) is 0 Å². The Hall–Kier alpha value is -2.47. The van der Waals surface area contributed by atoms with Crippen LogP contribution in [0.2, 0.25) is 0 Å². The fourth-order valence-electron chi connectivity index (χ4n) is 2.18. The highest BCUT2D eigenvalue weighted by Crippen LogP contribution is 2.26. The summed E-state index contributed by atoms with van der Waals surface area (Å²) in [5, 5.41) is 22.1. The third-order valence-corrected chi connectivity index (χ3v) is 3.64. The molecule has 0 radical (unpaired) electrons. The standard InChI is InChI=1S/C18H20N2O/c1-13(14-5-4-6-17(21)11-14)20-16-9-7-15(8-10-16)18(2,3)12-19/h4-11,13,20-21H,1-3H3. The van der Waals surface area contributed by atoms with Crippen LogP contribution in [0.5, 0.6) is 5.75 Å². The molecule has 2 aromatic carbocycles. The Morgan fingerprint density at radius 3 is 2.38 bits per heavy atom. The van der Waals surface area contributed by atoms with E-state index in [2.05, 4.69) is 11.4 Å². The van der Waals surface area contributed by atoms with Crippen LogP contribution in [0.3, 0.4) is 0 Å². The predicted octanol–water partition coefficient (Wildman–Crippen LogP) is 4.37. The Morgan fingerprint density at radius 1 is 1.14 bits per heavy atom. The minimum absolute atomic E-state index is 0.0897. The number of benzene rings is 2. The van der Waals surface area contributed by atoms with Crippen LogP contribution in [-0.4, -0.2) is 5.11 Å². The van der Waals surface area contributed by atoms with Crippen molar-refractivity contribution in [1.29, 1.82) is 5.26 Å². The molecule has 21 heavy (non-hydrogen) atoms. The molecule has 1 atom stereocenters. The van der Waals surface area contributed by atoms with Gasteiger partial charge in [-0.1, -0.05) is 24.3 Å². The maximum atomic E-state index is 9.52. The molecule has 1 unspecified atom stereocenters. The van der Waals surface area contributed by atoms with Crippen molar-refractivity contribution in [2.45, 2.75) is 32.2 Å². The highest BCUT2D eigenvalue weighted by atomic mass is 16.3. The van der Waals surface area contributed by atoms with E-state index in [4.69, 9.17) is 5.26 Å². The molecule has 0 amide bonds. The fraction of sp³-hybridized carbons (Fsp3) is 0.278. The summed E-state index contributed by atoms with van der Waals surface area (Å²) in [7, 11) is 0. The summed E-state index contributed by atoms with van der Waals surface area (Å²) >= 11 is 0. The summed E-state index contributed by atoms with van der Waals surface area (Å²) in [6, 6.07) is 17.5. The maximum absolute atomic E-state index is 9.52. The summed E-state index contributed by atoms with van der Waals surface area (Å²) in [6.07, 6.45) is 0. The number of hydrogen-bond donors (Lipinski definition) is 2. The van der Waals surface area contributed by atoms with Crippen molar-refractivity contribution in [2.75, 3.05) is 5.32 Å². The molecule has 3 heteroatoms. The quantitative estimate of drug-likeness (QED) is 0.874. The van der Waals surface area contributed by atoms with Gasteiger partial charge in [-0.3, -0.25) is 0 Å². The number of phenols is 1. The second-order valence-corrected chi connectivity index (χ2v) is 5.78. The Labute approximate surface area is 125 Å². The first-order valence-corrected chi connectivity index (χ1v) is 6.99. The number of nitrogens with zero attached hydrogens (tertiary/aromatic N) is 1. The van der Waals surface area contributed by atoms with Crippen LogP contribution in [-0.2, 0) is 5.41 Å². The van der Waals surface area contributed by atoms with E-state index in [-0.39, 0.29) is 11.8 Å². The molecule has 0 aliphatic heterocycles. The summed E-state index contributed by atoms with van der Waals surface area (Å²) in [5.41, 5.74) is 2.54. The van der Waals surface area contributed by atoms with Crippen LogP contribution in [0.25, 0.3) is 0 Å². The molecule has 0 saturated heterocycles. The van der Waals surface area contributed by atoms with Gasteiger partial charge in [-0.2, -0.15) is 5.26 Å². The van der Waals surface area contributed by atoms with Gasteiger partial charge in [0.15, 0.2) is 0 Å². The van der Waals surface area contributed by atoms with E-state index in [1.165, 1.54) is 0 Å². The van der Waals surface area contributed by atoms with Gasteiger partial charge in [0.1, 0.15) is 5.75 Å². The summed E-state index contributed by atoms with van der Waals surface area (Å²) in [4.78, 5) is 0. The van der Waals surface area contributed by atoms with Gasteiger partial charge in [0.25, 0.3) is 0 Å². The second-order valence-electron chi connectivity index (χ2n) is 5.78. The van der Waals surface area contributed by atoms with Crippen LogP contribution < -0.4 is 5.32 Å². The predicted molar refractivity (Wildman–Crippen MR) is 85.2 cm³/mol. The molecule has 0 spiro atoms. The summed E-state index contributed by atoms with van der Waals surface area (Å²) < 4.78 is 0. The molecule has 2 rings (SSSR count). The second kappa shape index (κ2) is 5.88. The third-order valence-electron chi connectivity index (χ3n) is 3.64. The van der Waals surface area contributed by atoms with Gasteiger partial charge in [0.05, 0.1) is 11.5 Å². The minimum atomic E-state index is -0.477. The van der Waals surface area contributed by atoms with Crippen molar-refractivity contribution in [1.82, 2.24) is 0 Å². The van der Waals surface area contributed by atoms with Crippen molar-refractivity contribution in [3.63, 3.8) is 0 Å². The first-order valence-electron chi connectivity index (χ1n) is 6.99. The lowest BCUT2D eigenvalue weighted by Crippen LogP contribution is -2.14. The zero-order chi connectivity index (χ0) is 15.5. The molecular formula is C18H20N2O. The van der Waals surface area contributed by atoms with E-state index < -0.39 is 5.41 Å².